The third kappa shape index (κ3) is 17.7. The number of nitrogens with one attached hydrogen (secondary N) is 1. The molecule has 0 aliphatic carbocycles. The summed E-state index contributed by atoms with van der Waals surface area (Å²) in [5, 5.41) is 34.6. The Morgan fingerprint density at radius 2 is 1.24 bits per heavy atom. The van der Waals surface area contributed by atoms with Crippen LogP contribution in [-0.2, 0) is 14.3 Å². The van der Waals surface area contributed by atoms with Gasteiger partial charge in [-0.15, -0.1) is 0 Å². The number of hydrogen-bond donors (Lipinski definition) is 6. The molecule has 8 N–H and O–H groups in total. The first-order valence-corrected chi connectivity index (χ1v) is 19.0. The lowest BCUT2D eigenvalue weighted by atomic mass is 9.94. The highest BCUT2D eigenvalue weighted by molar-refractivity contribution is 5.82. The molecule has 1 fully saturated rings. The quantitative estimate of drug-likeness (QED) is 0.0608. The maximum Gasteiger partial charge on any atom is 0.237 e. The SMILES string of the molecule is CCCCCCCCCCCCN(C(=O)CCCCCCCCCCC)[C@@H]1O[C@H](CO)[C@@H](O)[C@H](O)[C@H]1NC(=O)[C@@H](N)CCCCN. The van der Waals surface area contributed by atoms with Crippen molar-refractivity contribution in [1.82, 2.24) is 10.2 Å². The summed E-state index contributed by atoms with van der Waals surface area (Å²) in [5.41, 5.74) is 11.7. The van der Waals surface area contributed by atoms with Gasteiger partial charge in [0.1, 0.15) is 24.4 Å². The fourth-order valence-corrected chi connectivity index (χ4v) is 6.33. The van der Waals surface area contributed by atoms with Gasteiger partial charge in [0.2, 0.25) is 11.8 Å². The van der Waals surface area contributed by atoms with Crippen LogP contribution >= 0.6 is 0 Å². The van der Waals surface area contributed by atoms with E-state index in [4.69, 9.17) is 16.2 Å². The van der Waals surface area contributed by atoms with Gasteiger partial charge >= 0.3 is 0 Å². The minimum atomic E-state index is -1.44. The molecule has 1 aliphatic rings. The Kier molecular flexibility index (Phi) is 25.7. The van der Waals surface area contributed by atoms with Crippen molar-refractivity contribution in [3.63, 3.8) is 0 Å². The van der Waals surface area contributed by atoms with Gasteiger partial charge in [0.15, 0.2) is 6.23 Å². The Balaban J connectivity index is 2.89. The summed E-state index contributed by atoms with van der Waals surface area (Å²) >= 11 is 0. The van der Waals surface area contributed by atoms with Crippen molar-refractivity contribution in [3.8, 4) is 0 Å². The van der Waals surface area contributed by atoms with Gasteiger partial charge in [0.05, 0.1) is 12.6 Å². The number of rotatable bonds is 29. The molecule has 0 aromatic rings. The molecule has 0 unspecified atom stereocenters. The molecule has 0 aromatic carbocycles. The molecule has 0 saturated carbocycles. The average molecular weight is 657 g/mol. The summed E-state index contributed by atoms with van der Waals surface area (Å²) in [5.74, 6) is -0.578. The van der Waals surface area contributed by atoms with E-state index < -0.39 is 49.1 Å². The van der Waals surface area contributed by atoms with Gasteiger partial charge in [-0.2, -0.15) is 0 Å². The number of unbranched alkanes of at least 4 members (excludes halogenated alkanes) is 18. The normalized spacial score (nSPS) is 22.1. The first-order valence-electron chi connectivity index (χ1n) is 19.0. The molecule has 1 rings (SSSR count). The third-order valence-electron chi connectivity index (χ3n) is 9.39. The van der Waals surface area contributed by atoms with E-state index >= 15 is 0 Å². The maximum absolute atomic E-state index is 13.8. The van der Waals surface area contributed by atoms with Crippen molar-refractivity contribution < 1.29 is 29.6 Å². The summed E-state index contributed by atoms with van der Waals surface area (Å²) in [6.45, 7) is 4.85. The van der Waals surface area contributed by atoms with Gasteiger partial charge in [-0.05, 0) is 32.2 Å². The van der Waals surface area contributed by atoms with Crippen molar-refractivity contribution in [1.29, 1.82) is 0 Å². The lowest BCUT2D eigenvalue weighted by Gasteiger charge is -2.47. The highest BCUT2D eigenvalue weighted by Gasteiger charge is 2.48. The van der Waals surface area contributed by atoms with Crippen LogP contribution in [0.25, 0.3) is 0 Å². The maximum atomic E-state index is 13.8. The standard InChI is InChI=1S/C36H72N4O6/c1-3-5-7-9-11-13-15-17-19-23-27-40(31(42)25-20-18-16-14-12-10-8-6-4-2)36-32(34(44)33(43)30(28-41)46-36)39-35(45)29(38)24-21-22-26-37/h29-30,32-34,36,41,43-44H,3-28,37-38H2,1-2H3,(H,39,45)/t29-,30+,32+,33+,34+,36+/m0/s1. The van der Waals surface area contributed by atoms with Gasteiger partial charge in [-0.3, -0.25) is 9.59 Å². The number of aliphatic hydroxyl groups excluding tert-OH is 3. The van der Waals surface area contributed by atoms with Crippen LogP contribution in [0.5, 0.6) is 0 Å². The fraction of sp³-hybridized carbons (Fsp3) is 0.944. The highest BCUT2D eigenvalue weighted by atomic mass is 16.5. The minimum absolute atomic E-state index is 0.101. The number of nitrogens with two attached hydrogens (primary N) is 2. The Morgan fingerprint density at radius 3 is 1.74 bits per heavy atom. The topological polar surface area (TPSA) is 171 Å². The van der Waals surface area contributed by atoms with E-state index in [1.54, 1.807) is 4.90 Å². The van der Waals surface area contributed by atoms with Gasteiger partial charge < -0.3 is 41.7 Å². The molecule has 1 aliphatic heterocycles. The second-order valence-electron chi connectivity index (χ2n) is 13.5. The zero-order valence-corrected chi connectivity index (χ0v) is 29.5. The highest BCUT2D eigenvalue weighted by Crippen LogP contribution is 2.26. The number of ether oxygens (including phenoxy) is 1. The van der Waals surface area contributed by atoms with Crippen LogP contribution in [0.3, 0.4) is 0 Å². The van der Waals surface area contributed by atoms with Crippen molar-refractivity contribution in [3.05, 3.63) is 0 Å². The van der Waals surface area contributed by atoms with Crippen LogP contribution in [0.1, 0.15) is 162 Å². The second kappa shape index (κ2) is 27.6. The van der Waals surface area contributed by atoms with E-state index in [2.05, 4.69) is 19.2 Å². The Labute approximate surface area is 280 Å². The number of carbonyl (C=O) groups is 2. The van der Waals surface area contributed by atoms with Gasteiger partial charge in [0, 0.05) is 13.0 Å². The van der Waals surface area contributed by atoms with E-state index in [1.165, 1.54) is 77.0 Å². The van der Waals surface area contributed by atoms with Gasteiger partial charge in [-0.25, -0.2) is 0 Å². The molecule has 0 aromatic heterocycles. The summed E-state index contributed by atoms with van der Waals surface area (Å²) in [6, 6.07) is -1.90. The van der Waals surface area contributed by atoms with E-state index in [9.17, 15) is 24.9 Å². The van der Waals surface area contributed by atoms with E-state index in [0.29, 0.717) is 32.4 Å². The average Bonchev–Trinajstić information content (AvgIpc) is 3.05. The largest absolute Gasteiger partial charge is 0.394 e. The molecule has 0 bridgehead atoms. The molecule has 46 heavy (non-hydrogen) atoms. The molecule has 2 amide bonds. The van der Waals surface area contributed by atoms with E-state index in [1.807, 2.05) is 0 Å². The molecule has 0 spiro atoms. The number of amides is 2. The lowest BCUT2D eigenvalue weighted by Crippen LogP contribution is -2.69. The lowest BCUT2D eigenvalue weighted by molar-refractivity contribution is -0.231. The molecule has 6 atom stereocenters. The Bertz CT molecular complexity index is 760. The Hall–Kier alpha value is -1.30. The fourth-order valence-electron chi connectivity index (χ4n) is 6.33. The molecule has 1 saturated heterocycles. The molecule has 272 valence electrons. The van der Waals surface area contributed by atoms with E-state index in [-0.39, 0.29) is 5.91 Å². The van der Waals surface area contributed by atoms with Crippen molar-refractivity contribution in [2.45, 2.75) is 198 Å². The number of nitrogens with zero attached hydrogens (tertiary/aromatic N) is 1. The first-order chi connectivity index (χ1) is 22.3. The smallest absolute Gasteiger partial charge is 0.237 e. The number of aliphatic hydroxyl groups is 3. The van der Waals surface area contributed by atoms with Crippen LogP contribution in [0.4, 0.5) is 0 Å². The number of hydrogen-bond acceptors (Lipinski definition) is 8. The van der Waals surface area contributed by atoms with Crippen LogP contribution in [-0.4, -0.2) is 88.4 Å². The zero-order valence-electron chi connectivity index (χ0n) is 29.5. The summed E-state index contributed by atoms with van der Waals surface area (Å²) in [7, 11) is 0. The Morgan fingerprint density at radius 1 is 0.739 bits per heavy atom. The summed E-state index contributed by atoms with van der Waals surface area (Å²) in [4.78, 5) is 28.5. The predicted octanol–water partition coefficient (Wildman–Crippen LogP) is 5.04. The first kappa shape index (κ1) is 42.7. The number of carbonyl (C=O) groups excluding carboxylic acids is 2. The second-order valence-corrected chi connectivity index (χ2v) is 13.5. The molecular formula is C36H72N4O6. The van der Waals surface area contributed by atoms with Crippen molar-refractivity contribution >= 4 is 11.8 Å². The van der Waals surface area contributed by atoms with Crippen LogP contribution < -0.4 is 16.8 Å². The monoisotopic (exact) mass is 657 g/mol. The molecule has 10 nitrogen and oxygen atoms in total. The van der Waals surface area contributed by atoms with Crippen LogP contribution in [0.2, 0.25) is 0 Å². The molecule has 1 heterocycles. The summed E-state index contributed by atoms with van der Waals surface area (Å²) in [6.07, 6.45) is 19.1. The molecule has 10 heteroatoms. The van der Waals surface area contributed by atoms with Gasteiger partial charge in [-0.1, -0.05) is 129 Å². The van der Waals surface area contributed by atoms with Crippen LogP contribution in [0.15, 0.2) is 0 Å². The van der Waals surface area contributed by atoms with Gasteiger partial charge in [0.25, 0.3) is 0 Å². The third-order valence-corrected chi connectivity index (χ3v) is 9.39. The van der Waals surface area contributed by atoms with Crippen molar-refractivity contribution in [2.24, 2.45) is 11.5 Å². The zero-order chi connectivity index (χ0) is 34.0. The van der Waals surface area contributed by atoms with Crippen molar-refractivity contribution in [2.75, 3.05) is 19.7 Å². The minimum Gasteiger partial charge on any atom is -0.394 e. The molecule has 0 radical (unpaired) electrons. The molecular weight excluding hydrogens is 584 g/mol. The predicted molar refractivity (Wildman–Crippen MR) is 186 cm³/mol. The van der Waals surface area contributed by atoms with Crippen LogP contribution in [0, 0.1) is 0 Å². The van der Waals surface area contributed by atoms with E-state index in [0.717, 1.165) is 51.4 Å². The summed E-state index contributed by atoms with van der Waals surface area (Å²) < 4.78 is 6.10.